The second kappa shape index (κ2) is 8.48. The summed E-state index contributed by atoms with van der Waals surface area (Å²) >= 11 is 13.5. The van der Waals surface area contributed by atoms with Gasteiger partial charge in [0.2, 0.25) is 0 Å². The van der Waals surface area contributed by atoms with Crippen molar-refractivity contribution in [1.82, 2.24) is 0 Å². The van der Waals surface area contributed by atoms with Crippen LogP contribution in [-0.4, -0.2) is 20.7 Å². The number of halogens is 4. The van der Waals surface area contributed by atoms with Gasteiger partial charge in [-0.15, -0.1) is 0 Å². The summed E-state index contributed by atoms with van der Waals surface area (Å²) in [5.41, 5.74) is 0. The first-order valence-electron chi connectivity index (χ1n) is 3.26. The molecular formula is C6H10Br4O. The quantitative estimate of drug-likeness (QED) is 0.593. The van der Waals surface area contributed by atoms with E-state index in [1.807, 2.05) is 0 Å². The number of ether oxygens (including phenoxy) is 1. The van der Waals surface area contributed by atoms with Crippen molar-refractivity contribution in [2.45, 2.75) is 22.9 Å². The molecule has 2 unspecified atom stereocenters. The van der Waals surface area contributed by atoms with Crippen molar-refractivity contribution in [2.24, 2.45) is 0 Å². The Balaban J connectivity index is 3.32. The van der Waals surface area contributed by atoms with Gasteiger partial charge in [-0.2, -0.15) is 0 Å². The molecule has 0 aliphatic rings. The van der Waals surface area contributed by atoms with Gasteiger partial charge in [-0.1, -0.05) is 63.7 Å². The Kier molecular flexibility index (Phi) is 9.93. The smallest absolute Gasteiger partial charge is 0.114 e. The van der Waals surface area contributed by atoms with E-state index in [-0.39, 0.29) is 10.0 Å². The molecule has 1 nitrogen and oxygen atoms in total. The molecule has 0 N–H and O–H groups in total. The van der Waals surface area contributed by atoms with Crippen molar-refractivity contribution in [3.63, 3.8) is 0 Å². The molecule has 68 valence electrons. The van der Waals surface area contributed by atoms with E-state index in [4.69, 9.17) is 4.74 Å². The van der Waals surface area contributed by atoms with Gasteiger partial charge in [0, 0.05) is 10.7 Å². The molecule has 11 heavy (non-hydrogen) atoms. The topological polar surface area (TPSA) is 9.23 Å². The highest BCUT2D eigenvalue weighted by molar-refractivity contribution is 9.10. The lowest BCUT2D eigenvalue weighted by atomic mass is 10.5. The third-order valence-electron chi connectivity index (χ3n) is 0.967. The fourth-order valence-corrected chi connectivity index (χ4v) is 3.80. The van der Waals surface area contributed by atoms with Crippen LogP contribution in [0.15, 0.2) is 0 Å². The zero-order chi connectivity index (χ0) is 8.69. The van der Waals surface area contributed by atoms with Gasteiger partial charge in [0.25, 0.3) is 0 Å². The molecule has 5 heteroatoms. The van der Waals surface area contributed by atoms with Gasteiger partial charge in [-0.3, -0.25) is 0 Å². The van der Waals surface area contributed by atoms with Crippen molar-refractivity contribution in [1.29, 1.82) is 0 Å². The van der Waals surface area contributed by atoms with Gasteiger partial charge in [0.1, 0.15) is 10.0 Å². The van der Waals surface area contributed by atoms with Crippen LogP contribution in [0.5, 0.6) is 0 Å². The highest BCUT2D eigenvalue weighted by Crippen LogP contribution is 2.17. The van der Waals surface area contributed by atoms with E-state index in [1.165, 1.54) is 0 Å². The monoisotopic (exact) mass is 414 g/mol. The third-order valence-corrected chi connectivity index (χ3v) is 3.23. The first-order valence-corrected chi connectivity index (χ1v) is 7.33. The van der Waals surface area contributed by atoms with E-state index < -0.39 is 0 Å². The molecule has 0 aromatic rings. The molecule has 0 spiro atoms. The van der Waals surface area contributed by atoms with Crippen LogP contribution in [0.3, 0.4) is 0 Å². The lowest BCUT2D eigenvalue weighted by Gasteiger charge is -2.14. The van der Waals surface area contributed by atoms with Crippen molar-refractivity contribution in [3.8, 4) is 0 Å². The van der Waals surface area contributed by atoms with Crippen LogP contribution >= 0.6 is 63.7 Å². The molecule has 0 aromatic heterocycles. The molecule has 0 amide bonds. The molecule has 0 aliphatic carbocycles. The summed E-state index contributed by atoms with van der Waals surface area (Å²) in [6.45, 7) is 0. The maximum Gasteiger partial charge on any atom is 0.114 e. The molecule has 0 saturated carbocycles. The fraction of sp³-hybridized carbons (Fsp3) is 1.00. The van der Waals surface area contributed by atoms with E-state index in [0.29, 0.717) is 0 Å². The highest BCUT2D eigenvalue weighted by atomic mass is 79.9. The van der Waals surface area contributed by atoms with Gasteiger partial charge < -0.3 is 4.74 Å². The van der Waals surface area contributed by atoms with Crippen molar-refractivity contribution < 1.29 is 4.74 Å². The lowest BCUT2D eigenvalue weighted by molar-refractivity contribution is 0.0976. The average molecular weight is 418 g/mol. The predicted molar refractivity (Wildman–Crippen MR) is 63.3 cm³/mol. The second-order valence-electron chi connectivity index (χ2n) is 1.91. The molecule has 0 saturated heterocycles. The molecule has 0 bridgehead atoms. The summed E-state index contributed by atoms with van der Waals surface area (Å²) < 4.78 is 5.50. The molecule has 2 atom stereocenters. The number of alkyl halides is 4. The average Bonchev–Trinajstić information content (AvgIpc) is 1.87. The third kappa shape index (κ3) is 8.22. The summed E-state index contributed by atoms with van der Waals surface area (Å²) in [5, 5.41) is 2.20. The maximum atomic E-state index is 5.50. The zero-order valence-electron chi connectivity index (χ0n) is 5.90. The number of hydrogen-bond acceptors (Lipinski definition) is 1. The van der Waals surface area contributed by atoms with E-state index in [1.54, 1.807) is 0 Å². The predicted octanol–water partition coefficient (Wildman–Crippen LogP) is 4.02. The Morgan fingerprint density at radius 3 is 1.55 bits per heavy atom. The minimum atomic E-state index is 0.144. The Labute approximate surface area is 101 Å². The second-order valence-corrected chi connectivity index (χ2v) is 5.54. The molecule has 0 radical (unpaired) electrons. The van der Waals surface area contributed by atoms with Crippen LogP contribution in [0.25, 0.3) is 0 Å². The highest BCUT2D eigenvalue weighted by Gasteiger charge is 2.09. The van der Waals surface area contributed by atoms with E-state index in [9.17, 15) is 0 Å². The van der Waals surface area contributed by atoms with Gasteiger partial charge in [-0.05, 0) is 12.8 Å². The molecular weight excluding hydrogens is 408 g/mol. The largest absolute Gasteiger partial charge is 0.352 e. The summed E-state index contributed by atoms with van der Waals surface area (Å²) in [6.07, 6.45) is 1.95. The molecule has 0 heterocycles. The van der Waals surface area contributed by atoms with Crippen LogP contribution in [0.1, 0.15) is 12.8 Å². The number of hydrogen-bond donors (Lipinski definition) is 0. The summed E-state index contributed by atoms with van der Waals surface area (Å²) in [6, 6.07) is 0. The lowest BCUT2D eigenvalue weighted by Crippen LogP contribution is -2.12. The minimum Gasteiger partial charge on any atom is -0.352 e. The standard InChI is InChI=1S/C6H10Br4O/c7-3-1-5(9)11-6(10)2-4-8/h5-6H,1-4H2. The maximum absolute atomic E-state index is 5.50. The van der Waals surface area contributed by atoms with Crippen LogP contribution in [-0.2, 0) is 4.74 Å². The van der Waals surface area contributed by atoms with E-state index in [2.05, 4.69) is 63.7 Å². The zero-order valence-corrected chi connectivity index (χ0v) is 12.2. The van der Waals surface area contributed by atoms with E-state index in [0.717, 1.165) is 23.5 Å². The van der Waals surface area contributed by atoms with Gasteiger partial charge in [0.15, 0.2) is 0 Å². The Hall–Kier alpha value is 1.88. The van der Waals surface area contributed by atoms with Crippen molar-refractivity contribution in [2.75, 3.05) is 10.7 Å². The Bertz CT molecular complexity index is 80.7. The normalized spacial score (nSPS) is 16.4. The molecule has 0 fully saturated rings. The van der Waals surface area contributed by atoms with E-state index >= 15 is 0 Å². The van der Waals surface area contributed by atoms with Gasteiger partial charge in [-0.25, -0.2) is 0 Å². The molecule has 0 aromatic carbocycles. The van der Waals surface area contributed by atoms with Crippen LogP contribution in [0, 0.1) is 0 Å². The first kappa shape index (κ1) is 12.9. The van der Waals surface area contributed by atoms with Crippen molar-refractivity contribution in [3.05, 3.63) is 0 Å². The van der Waals surface area contributed by atoms with Crippen molar-refractivity contribution >= 4 is 63.7 Å². The fourth-order valence-electron chi connectivity index (χ4n) is 0.468. The summed E-state index contributed by atoms with van der Waals surface area (Å²) in [4.78, 5) is 0. The van der Waals surface area contributed by atoms with Gasteiger partial charge in [0.05, 0.1) is 0 Å². The SMILES string of the molecule is BrCCC(Br)OC(Br)CCBr. The Morgan fingerprint density at radius 2 is 1.27 bits per heavy atom. The molecule has 0 aliphatic heterocycles. The summed E-state index contributed by atoms with van der Waals surface area (Å²) in [5.74, 6) is 0. The van der Waals surface area contributed by atoms with Gasteiger partial charge >= 0.3 is 0 Å². The van der Waals surface area contributed by atoms with Crippen LogP contribution < -0.4 is 0 Å². The summed E-state index contributed by atoms with van der Waals surface area (Å²) in [7, 11) is 0. The first-order chi connectivity index (χ1) is 5.20. The minimum absolute atomic E-state index is 0.144. The van der Waals surface area contributed by atoms with Crippen LogP contribution in [0.4, 0.5) is 0 Å². The number of rotatable bonds is 6. The van der Waals surface area contributed by atoms with Crippen LogP contribution in [0.2, 0.25) is 0 Å². The Morgan fingerprint density at radius 1 is 0.909 bits per heavy atom. The molecule has 0 rings (SSSR count).